The number of ether oxygens (including phenoxy) is 3. The number of aromatic nitrogens is 2. The molecular weight excluding hydrogens is 398 g/mol. The maximum Gasteiger partial charge on any atom is 0.227 e. The van der Waals surface area contributed by atoms with Crippen molar-refractivity contribution in [1.29, 1.82) is 0 Å². The third-order valence-corrected chi connectivity index (χ3v) is 5.10. The number of methoxy groups -OCH3 is 1. The lowest BCUT2D eigenvalue weighted by atomic mass is 9.93. The standard InChI is InChI=1S/C23H25N3O5/c1-23(2,16-6-9-18-19(14-16)30-13-12-29-18)25-20(27)10-11-21-24-22(26-31-21)15-4-7-17(28-3)8-5-15/h4-9,14H,10-13H2,1-3H3,(H,25,27). The van der Waals surface area contributed by atoms with Gasteiger partial charge in [-0.05, 0) is 55.8 Å². The largest absolute Gasteiger partial charge is 0.497 e. The average Bonchev–Trinajstić information content (AvgIpc) is 3.26. The maximum atomic E-state index is 12.6. The molecule has 1 aliphatic heterocycles. The fraction of sp³-hybridized carbons (Fsp3) is 0.348. The van der Waals surface area contributed by atoms with Crippen LogP contribution in [0.1, 0.15) is 31.7 Å². The van der Waals surface area contributed by atoms with E-state index in [1.54, 1.807) is 7.11 Å². The summed E-state index contributed by atoms with van der Waals surface area (Å²) in [5.74, 6) is 2.96. The van der Waals surface area contributed by atoms with Crippen LogP contribution < -0.4 is 19.5 Å². The van der Waals surface area contributed by atoms with Crippen molar-refractivity contribution in [3.05, 3.63) is 53.9 Å². The molecule has 0 radical (unpaired) electrons. The topological polar surface area (TPSA) is 95.7 Å². The number of aryl methyl sites for hydroxylation is 1. The van der Waals surface area contributed by atoms with E-state index in [1.807, 2.05) is 56.3 Å². The normalized spacial score (nSPS) is 13.0. The van der Waals surface area contributed by atoms with Crippen LogP contribution in [0.5, 0.6) is 17.2 Å². The van der Waals surface area contributed by atoms with Gasteiger partial charge in [0.25, 0.3) is 0 Å². The van der Waals surface area contributed by atoms with Crippen LogP contribution >= 0.6 is 0 Å². The number of fused-ring (bicyclic) bond motifs is 1. The van der Waals surface area contributed by atoms with E-state index in [0.717, 1.165) is 22.6 Å². The van der Waals surface area contributed by atoms with Crippen molar-refractivity contribution in [3.8, 4) is 28.6 Å². The molecule has 0 saturated heterocycles. The van der Waals surface area contributed by atoms with Gasteiger partial charge in [-0.2, -0.15) is 4.98 Å². The van der Waals surface area contributed by atoms with Gasteiger partial charge in [0.2, 0.25) is 17.6 Å². The van der Waals surface area contributed by atoms with Crippen molar-refractivity contribution in [2.75, 3.05) is 20.3 Å². The zero-order chi connectivity index (χ0) is 21.8. The van der Waals surface area contributed by atoms with Gasteiger partial charge in [-0.1, -0.05) is 11.2 Å². The third kappa shape index (κ3) is 4.79. The highest BCUT2D eigenvalue weighted by Crippen LogP contribution is 2.34. The quantitative estimate of drug-likeness (QED) is 0.621. The summed E-state index contributed by atoms with van der Waals surface area (Å²) in [5, 5.41) is 7.06. The Kier molecular flexibility index (Phi) is 5.79. The number of carbonyl (C=O) groups excluding carboxylic acids is 1. The first-order valence-electron chi connectivity index (χ1n) is 10.1. The second-order valence-corrected chi connectivity index (χ2v) is 7.77. The fourth-order valence-corrected chi connectivity index (χ4v) is 3.35. The number of hydrogen-bond donors (Lipinski definition) is 1. The molecule has 8 heteroatoms. The maximum absolute atomic E-state index is 12.6. The van der Waals surface area contributed by atoms with E-state index in [-0.39, 0.29) is 12.3 Å². The molecule has 4 rings (SSSR count). The van der Waals surface area contributed by atoms with Crippen molar-refractivity contribution in [1.82, 2.24) is 15.5 Å². The summed E-state index contributed by atoms with van der Waals surface area (Å²) in [6, 6.07) is 13.1. The van der Waals surface area contributed by atoms with Gasteiger partial charge in [-0.25, -0.2) is 0 Å². The predicted molar refractivity (Wildman–Crippen MR) is 113 cm³/mol. The second-order valence-electron chi connectivity index (χ2n) is 7.77. The number of rotatable bonds is 7. The van der Waals surface area contributed by atoms with E-state index in [1.165, 1.54) is 0 Å². The number of hydrogen-bond acceptors (Lipinski definition) is 7. The summed E-state index contributed by atoms with van der Waals surface area (Å²) in [4.78, 5) is 17.0. The van der Waals surface area contributed by atoms with Gasteiger partial charge in [0.1, 0.15) is 19.0 Å². The van der Waals surface area contributed by atoms with Crippen LogP contribution in [0.25, 0.3) is 11.4 Å². The number of nitrogens with one attached hydrogen (secondary N) is 1. The van der Waals surface area contributed by atoms with E-state index >= 15 is 0 Å². The summed E-state index contributed by atoms with van der Waals surface area (Å²) in [6.45, 7) is 4.96. The highest BCUT2D eigenvalue weighted by Gasteiger charge is 2.25. The molecule has 1 amide bonds. The number of carbonyl (C=O) groups is 1. The number of nitrogens with zero attached hydrogens (tertiary/aromatic N) is 2. The lowest BCUT2D eigenvalue weighted by molar-refractivity contribution is -0.122. The minimum absolute atomic E-state index is 0.107. The van der Waals surface area contributed by atoms with Crippen molar-refractivity contribution < 1.29 is 23.5 Å². The molecule has 0 fully saturated rings. The lowest BCUT2D eigenvalue weighted by Crippen LogP contribution is -2.41. The minimum Gasteiger partial charge on any atom is -0.497 e. The van der Waals surface area contributed by atoms with E-state index in [4.69, 9.17) is 18.7 Å². The molecular formula is C23H25N3O5. The molecule has 0 bridgehead atoms. The zero-order valence-electron chi connectivity index (χ0n) is 17.8. The van der Waals surface area contributed by atoms with Gasteiger partial charge in [-0.3, -0.25) is 4.79 Å². The van der Waals surface area contributed by atoms with Gasteiger partial charge in [0.15, 0.2) is 11.5 Å². The Labute approximate surface area is 180 Å². The Morgan fingerprint density at radius 3 is 2.58 bits per heavy atom. The van der Waals surface area contributed by atoms with Crippen molar-refractivity contribution in [2.45, 2.75) is 32.2 Å². The first kappa shape index (κ1) is 20.7. The smallest absolute Gasteiger partial charge is 0.227 e. The average molecular weight is 423 g/mol. The van der Waals surface area contributed by atoms with Crippen LogP contribution in [0.15, 0.2) is 47.0 Å². The molecule has 0 spiro atoms. The summed E-state index contributed by atoms with van der Waals surface area (Å²) >= 11 is 0. The highest BCUT2D eigenvalue weighted by molar-refractivity contribution is 5.77. The van der Waals surface area contributed by atoms with Crippen molar-refractivity contribution in [2.24, 2.45) is 0 Å². The predicted octanol–water partition coefficient (Wildman–Crippen LogP) is 3.50. The lowest BCUT2D eigenvalue weighted by Gasteiger charge is -2.28. The monoisotopic (exact) mass is 423 g/mol. The summed E-state index contributed by atoms with van der Waals surface area (Å²) in [5.41, 5.74) is 1.18. The second kappa shape index (κ2) is 8.67. The molecule has 3 aromatic rings. The van der Waals surface area contributed by atoms with Gasteiger partial charge in [0, 0.05) is 18.4 Å². The molecule has 0 unspecified atom stereocenters. The highest BCUT2D eigenvalue weighted by atomic mass is 16.6. The van der Waals surface area contributed by atoms with Crippen LogP contribution in [0.3, 0.4) is 0 Å². The van der Waals surface area contributed by atoms with Crippen molar-refractivity contribution >= 4 is 5.91 Å². The molecule has 2 heterocycles. The molecule has 162 valence electrons. The fourth-order valence-electron chi connectivity index (χ4n) is 3.35. The Balaban J connectivity index is 1.35. The molecule has 2 aromatic carbocycles. The van der Waals surface area contributed by atoms with Gasteiger partial charge in [0.05, 0.1) is 12.6 Å². The van der Waals surface area contributed by atoms with Crippen LogP contribution in [0.4, 0.5) is 0 Å². The van der Waals surface area contributed by atoms with E-state index in [9.17, 15) is 4.79 Å². The summed E-state index contributed by atoms with van der Waals surface area (Å²) in [6.07, 6.45) is 0.588. The Morgan fingerprint density at radius 1 is 1.10 bits per heavy atom. The SMILES string of the molecule is COc1ccc(-c2noc(CCC(=O)NC(C)(C)c3ccc4c(c3)OCCO4)n2)cc1. The van der Waals surface area contributed by atoms with Gasteiger partial charge < -0.3 is 24.1 Å². The first-order chi connectivity index (χ1) is 14.9. The molecule has 0 atom stereocenters. The summed E-state index contributed by atoms with van der Waals surface area (Å²) in [7, 11) is 1.61. The zero-order valence-corrected chi connectivity index (χ0v) is 17.8. The Bertz CT molecular complexity index is 1060. The molecule has 0 aliphatic carbocycles. The van der Waals surface area contributed by atoms with Crippen LogP contribution in [-0.4, -0.2) is 36.4 Å². The number of amides is 1. The number of benzene rings is 2. The molecule has 0 saturated carbocycles. The third-order valence-electron chi connectivity index (χ3n) is 5.10. The van der Waals surface area contributed by atoms with Crippen molar-refractivity contribution in [3.63, 3.8) is 0 Å². The van der Waals surface area contributed by atoms with Gasteiger partial charge >= 0.3 is 0 Å². The molecule has 1 aliphatic rings. The summed E-state index contributed by atoms with van der Waals surface area (Å²) < 4.78 is 21.7. The van der Waals surface area contributed by atoms with E-state index < -0.39 is 5.54 Å². The molecule has 1 N–H and O–H groups in total. The van der Waals surface area contributed by atoms with Crippen LogP contribution in [0, 0.1) is 0 Å². The van der Waals surface area contributed by atoms with Gasteiger partial charge in [-0.15, -0.1) is 0 Å². The Morgan fingerprint density at radius 2 is 1.84 bits per heavy atom. The van der Waals surface area contributed by atoms with E-state index in [0.29, 0.717) is 37.1 Å². The molecule has 31 heavy (non-hydrogen) atoms. The Hall–Kier alpha value is -3.55. The van der Waals surface area contributed by atoms with Crippen LogP contribution in [-0.2, 0) is 16.8 Å². The minimum atomic E-state index is -0.573. The van der Waals surface area contributed by atoms with E-state index in [2.05, 4.69) is 15.5 Å². The molecule has 1 aromatic heterocycles. The first-order valence-corrected chi connectivity index (χ1v) is 10.1. The van der Waals surface area contributed by atoms with Crippen LogP contribution in [0.2, 0.25) is 0 Å². The molecule has 8 nitrogen and oxygen atoms in total.